The van der Waals surface area contributed by atoms with Crippen molar-refractivity contribution >= 4 is 11.8 Å². The van der Waals surface area contributed by atoms with E-state index < -0.39 is 5.60 Å². The molecule has 8 heteroatoms. The molecule has 1 N–H and O–H groups in total. The molecule has 0 aliphatic carbocycles. The van der Waals surface area contributed by atoms with Crippen LogP contribution in [-0.4, -0.2) is 64.0 Å². The molecular formula is C23H23N5O3. The predicted molar refractivity (Wildman–Crippen MR) is 114 cm³/mol. The van der Waals surface area contributed by atoms with E-state index in [9.17, 15) is 9.59 Å². The van der Waals surface area contributed by atoms with E-state index in [0.29, 0.717) is 13.0 Å². The van der Waals surface area contributed by atoms with E-state index in [0.717, 1.165) is 16.7 Å². The van der Waals surface area contributed by atoms with E-state index in [-0.39, 0.29) is 30.7 Å². The van der Waals surface area contributed by atoms with Gasteiger partial charge in [-0.1, -0.05) is 24.3 Å². The zero-order valence-electron chi connectivity index (χ0n) is 17.2. The summed E-state index contributed by atoms with van der Waals surface area (Å²) in [5.74, 6) is -0.541. The summed E-state index contributed by atoms with van der Waals surface area (Å²) in [6.07, 6.45) is 8.21. The minimum atomic E-state index is -1.21. The summed E-state index contributed by atoms with van der Waals surface area (Å²) in [5, 5.41) is 2.71. The summed E-state index contributed by atoms with van der Waals surface area (Å²) >= 11 is 0. The van der Waals surface area contributed by atoms with Crippen molar-refractivity contribution in [2.24, 2.45) is 0 Å². The number of nitrogens with zero attached hydrogens (tertiary/aromatic N) is 4. The quantitative estimate of drug-likeness (QED) is 0.679. The molecule has 31 heavy (non-hydrogen) atoms. The van der Waals surface area contributed by atoms with E-state index in [1.54, 1.807) is 24.3 Å². The van der Waals surface area contributed by atoms with Gasteiger partial charge in [0.05, 0.1) is 19.3 Å². The molecule has 1 fully saturated rings. The molecule has 4 rings (SSSR count). The van der Waals surface area contributed by atoms with Crippen LogP contribution in [0.25, 0.3) is 11.1 Å². The van der Waals surface area contributed by atoms with Gasteiger partial charge in [-0.25, -0.2) is 4.98 Å². The SMILES string of the molecule is CNC(=O)[C@]1(Cc2ccccc2-c2ccncc2)CN(C(=O)c2cnccn2)CCO1. The number of amides is 2. The summed E-state index contributed by atoms with van der Waals surface area (Å²) in [4.78, 5) is 39.8. The summed E-state index contributed by atoms with van der Waals surface area (Å²) < 4.78 is 6.08. The van der Waals surface area contributed by atoms with Crippen molar-refractivity contribution in [2.45, 2.75) is 12.0 Å². The molecule has 1 aromatic carbocycles. The standard InChI is InChI=1S/C23H23N5O3/c1-24-22(30)23(14-18-4-2-3-5-19(18)17-6-8-25-9-7-17)16-28(12-13-31-23)21(29)20-15-26-10-11-27-20/h2-11,15H,12-14,16H2,1H3,(H,24,30)/t23-/m0/s1. The van der Waals surface area contributed by atoms with Gasteiger partial charge in [0.25, 0.3) is 11.8 Å². The molecule has 0 radical (unpaired) electrons. The number of likely N-dealkylation sites (N-methyl/N-ethyl adjacent to an activating group) is 1. The van der Waals surface area contributed by atoms with Crippen LogP contribution in [0.4, 0.5) is 0 Å². The Bertz CT molecular complexity index is 1060. The predicted octanol–water partition coefficient (Wildman–Crippen LogP) is 1.74. The number of ether oxygens (including phenoxy) is 1. The summed E-state index contributed by atoms with van der Waals surface area (Å²) in [6.45, 7) is 0.740. The number of benzene rings is 1. The lowest BCUT2D eigenvalue weighted by atomic mass is 9.87. The fourth-order valence-corrected chi connectivity index (χ4v) is 3.88. The van der Waals surface area contributed by atoms with Crippen LogP contribution < -0.4 is 5.32 Å². The number of nitrogens with one attached hydrogen (secondary N) is 1. The molecule has 1 aliphatic rings. The highest BCUT2D eigenvalue weighted by atomic mass is 16.5. The number of pyridine rings is 1. The molecule has 0 saturated carbocycles. The number of carbonyl (C=O) groups excluding carboxylic acids is 2. The van der Waals surface area contributed by atoms with Gasteiger partial charge >= 0.3 is 0 Å². The van der Waals surface area contributed by atoms with Crippen molar-refractivity contribution in [1.82, 2.24) is 25.2 Å². The number of morpholine rings is 1. The molecule has 3 heterocycles. The smallest absolute Gasteiger partial charge is 0.274 e. The number of aromatic nitrogens is 3. The highest BCUT2D eigenvalue weighted by Crippen LogP contribution is 2.30. The van der Waals surface area contributed by atoms with Gasteiger partial charge in [0.1, 0.15) is 5.69 Å². The average Bonchev–Trinajstić information content (AvgIpc) is 2.84. The molecule has 2 amide bonds. The Hall–Kier alpha value is -3.65. The highest BCUT2D eigenvalue weighted by molar-refractivity contribution is 5.93. The monoisotopic (exact) mass is 417 g/mol. The van der Waals surface area contributed by atoms with Crippen LogP contribution in [0.2, 0.25) is 0 Å². The third-order valence-corrected chi connectivity index (χ3v) is 5.38. The van der Waals surface area contributed by atoms with Gasteiger partial charge in [0, 0.05) is 44.8 Å². The molecule has 8 nitrogen and oxygen atoms in total. The number of hydrogen-bond donors (Lipinski definition) is 1. The second kappa shape index (κ2) is 9.01. The first-order valence-electron chi connectivity index (χ1n) is 10.0. The molecule has 0 spiro atoms. The van der Waals surface area contributed by atoms with E-state index in [1.807, 2.05) is 36.4 Å². The Morgan fingerprint density at radius 1 is 1.10 bits per heavy atom. The third-order valence-electron chi connectivity index (χ3n) is 5.38. The molecular weight excluding hydrogens is 394 g/mol. The van der Waals surface area contributed by atoms with Gasteiger partial charge in [-0.15, -0.1) is 0 Å². The van der Waals surface area contributed by atoms with Gasteiger partial charge in [0.15, 0.2) is 5.60 Å². The maximum atomic E-state index is 13.0. The van der Waals surface area contributed by atoms with Crippen LogP contribution in [0.5, 0.6) is 0 Å². The summed E-state index contributed by atoms with van der Waals surface area (Å²) in [6, 6.07) is 11.7. The molecule has 1 aliphatic heterocycles. The lowest BCUT2D eigenvalue weighted by Gasteiger charge is -2.41. The van der Waals surface area contributed by atoms with Crippen molar-refractivity contribution in [3.05, 3.63) is 78.6 Å². The molecule has 0 bridgehead atoms. The minimum Gasteiger partial charge on any atom is -0.361 e. The number of hydrogen-bond acceptors (Lipinski definition) is 6. The lowest BCUT2D eigenvalue weighted by molar-refractivity contribution is -0.156. The van der Waals surface area contributed by atoms with Crippen molar-refractivity contribution in [1.29, 1.82) is 0 Å². The van der Waals surface area contributed by atoms with Crippen LogP contribution in [0.1, 0.15) is 16.1 Å². The Morgan fingerprint density at radius 2 is 1.90 bits per heavy atom. The van der Waals surface area contributed by atoms with Crippen LogP contribution in [0.15, 0.2) is 67.4 Å². The Labute approximate surface area is 180 Å². The van der Waals surface area contributed by atoms with Gasteiger partial charge in [-0.05, 0) is 28.8 Å². The zero-order chi connectivity index (χ0) is 21.7. The molecule has 2 aromatic heterocycles. The Balaban J connectivity index is 1.67. The normalized spacial score (nSPS) is 18.4. The van der Waals surface area contributed by atoms with Crippen molar-refractivity contribution in [3.63, 3.8) is 0 Å². The Morgan fingerprint density at radius 3 is 2.65 bits per heavy atom. The number of rotatable bonds is 5. The van der Waals surface area contributed by atoms with Crippen LogP contribution in [0, 0.1) is 0 Å². The topological polar surface area (TPSA) is 97.3 Å². The largest absolute Gasteiger partial charge is 0.361 e. The fourth-order valence-electron chi connectivity index (χ4n) is 3.88. The van der Waals surface area contributed by atoms with Gasteiger partial charge in [-0.2, -0.15) is 0 Å². The zero-order valence-corrected chi connectivity index (χ0v) is 17.2. The van der Waals surface area contributed by atoms with Gasteiger partial charge < -0.3 is 15.0 Å². The maximum absolute atomic E-state index is 13.0. The van der Waals surface area contributed by atoms with Crippen molar-refractivity contribution in [3.8, 4) is 11.1 Å². The molecule has 3 aromatic rings. The molecule has 1 saturated heterocycles. The Kier molecular flexibility index (Phi) is 5.99. The average molecular weight is 417 g/mol. The minimum absolute atomic E-state index is 0.118. The lowest BCUT2D eigenvalue weighted by Crippen LogP contribution is -2.61. The van der Waals surface area contributed by atoms with Crippen LogP contribution in [-0.2, 0) is 16.0 Å². The summed E-state index contributed by atoms with van der Waals surface area (Å²) in [7, 11) is 1.58. The van der Waals surface area contributed by atoms with Crippen LogP contribution in [0.3, 0.4) is 0 Å². The van der Waals surface area contributed by atoms with Crippen molar-refractivity contribution in [2.75, 3.05) is 26.7 Å². The van der Waals surface area contributed by atoms with Crippen molar-refractivity contribution < 1.29 is 14.3 Å². The molecule has 0 unspecified atom stereocenters. The first-order valence-corrected chi connectivity index (χ1v) is 10.0. The van der Waals surface area contributed by atoms with Gasteiger partial charge in [0.2, 0.25) is 0 Å². The fraction of sp³-hybridized carbons (Fsp3) is 0.261. The van der Waals surface area contributed by atoms with E-state index in [4.69, 9.17) is 4.74 Å². The summed E-state index contributed by atoms with van der Waals surface area (Å²) in [5.41, 5.74) is 1.97. The maximum Gasteiger partial charge on any atom is 0.274 e. The van der Waals surface area contributed by atoms with E-state index in [2.05, 4.69) is 20.3 Å². The van der Waals surface area contributed by atoms with E-state index >= 15 is 0 Å². The van der Waals surface area contributed by atoms with Crippen LogP contribution >= 0.6 is 0 Å². The highest BCUT2D eigenvalue weighted by Gasteiger charge is 2.45. The first kappa shape index (κ1) is 20.6. The first-order chi connectivity index (χ1) is 15.1. The third kappa shape index (κ3) is 4.29. The second-order valence-corrected chi connectivity index (χ2v) is 7.31. The van der Waals surface area contributed by atoms with Gasteiger partial charge in [-0.3, -0.25) is 19.6 Å². The van der Waals surface area contributed by atoms with E-state index in [1.165, 1.54) is 18.6 Å². The molecule has 1 atom stereocenters. The second-order valence-electron chi connectivity index (χ2n) is 7.31. The number of carbonyl (C=O) groups is 2. The molecule has 158 valence electrons.